The van der Waals surface area contributed by atoms with Crippen molar-refractivity contribution in [1.82, 2.24) is 4.90 Å². The summed E-state index contributed by atoms with van der Waals surface area (Å²) in [5.41, 5.74) is 2.28. The lowest BCUT2D eigenvalue weighted by Gasteiger charge is -2.40. The van der Waals surface area contributed by atoms with Crippen LogP contribution in [0.3, 0.4) is 0 Å². The predicted molar refractivity (Wildman–Crippen MR) is 113 cm³/mol. The van der Waals surface area contributed by atoms with Crippen LogP contribution in [0.15, 0.2) is 42.5 Å². The molecule has 2 aliphatic rings. The van der Waals surface area contributed by atoms with Crippen molar-refractivity contribution in [2.45, 2.75) is 13.0 Å². The summed E-state index contributed by atoms with van der Waals surface area (Å²) < 4.78 is 45.0. The van der Waals surface area contributed by atoms with Crippen LogP contribution in [-0.4, -0.2) is 64.3 Å². The van der Waals surface area contributed by atoms with Crippen LogP contribution >= 0.6 is 0 Å². The molecule has 2 heterocycles. The van der Waals surface area contributed by atoms with Gasteiger partial charge in [-0.05, 0) is 48.9 Å². The number of rotatable bonds is 3. The third-order valence-corrected chi connectivity index (χ3v) is 6.59. The van der Waals surface area contributed by atoms with Gasteiger partial charge < -0.3 is 14.5 Å². The average Bonchev–Trinajstić information content (AvgIpc) is 2.72. The molecule has 0 saturated carbocycles. The molecule has 1 atom stereocenters. The SMILES string of the molecule is Cc1ccc2c(c1)N(S(C)(=O)=O)CC(C(=O)N1CCN(c3ccc(F)cc3)CC1)O2. The minimum absolute atomic E-state index is 0.0493. The number of carbonyl (C=O) groups excluding carboxylic acids is 1. The molecule has 2 aliphatic heterocycles. The summed E-state index contributed by atoms with van der Waals surface area (Å²) in [6.45, 7) is 4.00. The molecule has 1 fully saturated rings. The van der Waals surface area contributed by atoms with Gasteiger partial charge in [-0.25, -0.2) is 12.8 Å². The van der Waals surface area contributed by atoms with E-state index >= 15 is 0 Å². The van der Waals surface area contributed by atoms with E-state index in [0.29, 0.717) is 37.6 Å². The van der Waals surface area contributed by atoms with Crippen molar-refractivity contribution in [3.8, 4) is 5.75 Å². The molecule has 0 N–H and O–H groups in total. The Morgan fingerprint density at radius 3 is 2.37 bits per heavy atom. The summed E-state index contributed by atoms with van der Waals surface area (Å²) >= 11 is 0. The minimum Gasteiger partial charge on any atom is -0.476 e. The molecule has 9 heteroatoms. The van der Waals surface area contributed by atoms with E-state index in [4.69, 9.17) is 4.74 Å². The predicted octanol–water partition coefficient (Wildman–Crippen LogP) is 2.01. The van der Waals surface area contributed by atoms with E-state index in [1.54, 1.807) is 29.2 Å². The molecule has 2 aromatic rings. The second-order valence-corrected chi connectivity index (χ2v) is 9.57. The number of nitrogens with zero attached hydrogens (tertiary/aromatic N) is 3. The Hall–Kier alpha value is -2.81. The number of sulfonamides is 1. The van der Waals surface area contributed by atoms with Gasteiger partial charge in [-0.1, -0.05) is 6.07 Å². The molecular weight excluding hydrogens is 409 g/mol. The van der Waals surface area contributed by atoms with Crippen molar-refractivity contribution >= 4 is 27.3 Å². The smallest absolute Gasteiger partial charge is 0.265 e. The molecule has 0 aliphatic carbocycles. The number of benzene rings is 2. The largest absolute Gasteiger partial charge is 0.476 e. The molecule has 7 nitrogen and oxygen atoms in total. The number of ether oxygens (including phenoxy) is 1. The molecular formula is C21H24FN3O4S. The molecule has 30 heavy (non-hydrogen) atoms. The zero-order chi connectivity index (χ0) is 21.5. The van der Waals surface area contributed by atoms with Gasteiger partial charge in [0.15, 0.2) is 6.10 Å². The minimum atomic E-state index is -3.56. The topological polar surface area (TPSA) is 70.2 Å². The van der Waals surface area contributed by atoms with Crippen molar-refractivity contribution in [2.75, 3.05) is 48.2 Å². The van der Waals surface area contributed by atoms with E-state index in [1.165, 1.54) is 16.4 Å². The Bertz CT molecular complexity index is 1050. The highest BCUT2D eigenvalue weighted by Crippen LogP contribution is 2.36. The van der Waals surface area contributed by atoms with Crippen LogP contribution in [0.2, 0.25) is 0 Å². The Kier molecular flexibility index (Phi) is 5.31. The fraction of sp³-hybridized carbons (Fsp3) is 0.381. The molecule has 2 aromatic carbocycles. The third-order valence-electron chi connectivity index (χ3n) is 5.44. The van der Waals surface area contributed by atoms with E-state index in [2.05, 4.69) is 4.90 Å². The van der Waals surface area contributed by atoms with Gasteiger partial charge in [0.05, 0.1) is 18.5 Å². The van der Waals surface area contributed by atoms with E-state index in [0.717, 1.165) is 17.5 Å². The van der Waals surface area contributed by atoms with E-state index < -0.39 is 16.1 Å². The lowest BCUT2D eigenvalue weighted by atomic mass is 10.1. The van der Waals surface area contributed by atoms with Crippen molar-refractivity contribution in [3.63, 3.8) is 0 Å². The first-order valence-electron chi connectivity index (χ1n) is 9.77. The summed E-state index contributed by atoms with van der Waals surface area (Å²) in [6, 6.07) is 11.6. The molecule has 0 radical (unpaired) electrons. The number of carbonyl (C=O) groups is 1. The molecule has 0 spiro atoms. The van der Waals surface area contributed by atoms with Crippen molar-refractivity contribution in [3.05, 3.63) is 53.8 Å². The van der Waals surface area contributed by atoms with Crippen LogP contribution in [0.25, 0.3) is 0 Å². The van der Waals surface area contributed by atoms with Crippen molar-refractivity contribution in [2.24, 2.45) is 0 Å². The Balaban J connectivity index is 1.47. The number of hydrogen-bond acceptors (Lipinski definition) is 5. The molecule has 4 rings (SSSR count). The maximum absolute atomic E-state index is 13.1. The van der Waals surface area contributed by atoms with E-state index in [-0.39, 0.29) is 18.3 Å². The standard InChI is InChI=1S/C21H24FN3O4S/c1-15-3-8-19-18(13-15)25(30(2,27)28)14-20(29-19)21(26)24-11-9-23(10-12-24)17-6-4-16(22)5-7-17/h3-8,13,20H,9-12,14H2,1-2H3. The molecule has 1 saturated heterocycles. The first-order chi connectivity index (χ1) is 14.2. The number of hydrogen-bond donors (Lipinski definition) is 0. The zero-order valence-corrected chi connectivity index (χ0v) is 17.7. The van der Waals surface area contributed by atoms with Gasteiger partial charge in [0.1, 0.15) is 11.6 Å². The van der Waals surface area contributed by atoms with Crippen LogP contribution in [0.4, 0.5) is 15.8 Å². The second kappa shape index (κ2) is 7.79. The first kappa shape index (κ1) is 20.5. The Labute approximate surface area is 175 Å². The number of amides is 1. The summed E-state index contributed by atoms with van der Waals surface area (Å²) in [5, 5.41) is 0. The van der Waals surface area contributed by atoms with Crippen LogP contribution in [-0.2, 0) is 14.8 Å². The average molecular weight is 434 g/mol. The Morgan fingerprint density at radius 1 is 1.07 bits per heavy atom. The zero-order valence-electron chi connectivity index (χ0n) is 16.9. The maximum atomic E-state index is 13.1. The fourth-order valence-corrected chi connectivity index (χ4v) is 4.75. The lowest BCUT2D eigenvalue weighted by Crippen LogP contribution is -2.56. The number of anilines is 2. The summed E-state index contributed by atoms with van der Waals surface area (Å²) in [5.74, 6) is -0.123. The normalized spacial score (nSPS) is 19.3. The third kappa shape index (κ3) is 4.07. The Morgan fingerprint density at radius 2 is 1.73 bits per heavy atom. The van der Waals surface area contributed by atoms with Crippen molar-refractivity contribution in [1.29, 1.82) is 0 Å². The fourth-order valence-electron chi connectivity index (χ4n) is 3.84. The summed E-state index contributed by atoms with van der Waals surface area (Å²) in [7, 11) is -3.56. The quantitative estimate of drug-likeness (QED) is 0.741. The highest BCUT2D eigenvalue weighted by molar-refractivity contribution is 7.92. The van der Waals surface area contributed by atoms with E-state index in [1.807, 2.05) is 13.0 Å². The summed E-state index contributed by atoms with van der Waals surface area (Å²) in [4.78, 5) is 16.9. The second-order valence-electron chi connectivity index (χ2n) is 7.66. The van der Waals surface area contributed by atoms with Gasteiger partial charge in [0.2, 0.25) is 10.0 Å². The van der Waals surface area contributed by atoms with Crippen LogP contribution in [0.5, 0.6) is 5.75 Å². The van der Waals surface area contributed by atoms with Gasteiger partial charge in [-0.3, -0.25) is 9.10 Å². The monoisotopic (exact) mass is 433 g/mol. The van der Waals surface area contributed by atoms with Gasteiger partial charge in [0.25, 0.3) is 5.91 Å². The van der Waals surface area contributed by atoms with Gasteiger partial charge in [-0.2, -0.15) is 0 Å². The van der Waals surface area contributed by atoms with E-state index in [9.17, 15) is 17.6 Å². The maximum Gasteiger partial charge on any atom is 0.265 e. The number of aryl methyl sites for hydroxylation is 1. The van der Waals surface area contributed by atoms with Crippen LogP contribution < -0.4 is 13.9 Å². The summed E-state index contributed by atoms with van der Waals surface area (Å²) in [6.07, 6.45) is 0.236. The first-order valence-corrected chi connectivity index (χ1v) is 11.6. The highest BCUT2D eigenvalue weighted by Gasteiger charge is 2.37. The number of fused-ring (bicyclic) bond motifs is 1. The van der Waals surface area contributed by atoms with Gasteiger partial charge >= 0.3 is 0 Å². The molecule has 0 aromatic heterocycles. The highest BCUT2D eigenvalue weighted by atomic mass is 32.2. The molecule has 1 amide bonds. The molecule has 160 valence electrons. The van der Waals surface area contributed by atoms with Crippen molar-refractivity contribution < 1.29 is 22.3 Å². The van der Waals surface area contributed by atoms with Gasteiger partial charge in [-0.15, -0.1) is 0 Å². The molecule has 0 bridgehead atoms. The van der Waals surface area contributed by atoms with Crippen LogP contribution in [0, 0.1) is 12.7 Å². The lowest BCUT2D eigenvalue weighted by molar-refractivity contribution is -0.138. The molecule has 1 unspecified atom stereocenters. The number of piperazine rings is 1. The van der Waals surface area contributed by atoms with Crippen LogP contribution in [0.1, 0.15) is 5.56 Å². The van der Waals surface area contributed by atoms with Gasteiger partial charge in [0, 0.05) is 31.9 Å². The number of halogens is 1.